The Morgan fingerprint density at radius 1 is 1.14 bits per heavy atom. The third kappa shape index (κ3) is 4.32. The molecule has 4 rings (SSSR count). The summed E-state index contributed by atoms with van der Waals surface area (Å²) in [6, 6.07) is 5.02. The molecule has 0 atom stereocenters. The molecule has 1 aliphatic heterocycles. The fourth-order valence-electron chi connectivity index (χ4n) is 3.06. The van der Waals surface area contributed by atoms with Crippen molar-refractivity contribution in [2.75, 3.05) is 31.1 Å². The fraction of sp³-hybridized carbons (Fsp3) is 0.333. The maximum absolute atomic E-state index is 12.8. The van der Waals surface area contributed by atoms with Crippen LogP contribution in [0.25, 0.3) is 9.88 Å². The van der Waals surface area contributed by atoms with Crippen LogP contribution in [-0.4, -0.2) is 41.0 Å². The molecule has 148 valence electrons. The van der Waals surface area contributed by atoms with Gasteiger partial charge in [0.25, 0.3) is 0 Å². The van der Waals surface area contributed by atoms with Gasteiger partial charge in [0.1, 0.15) is 10.8 Å². The van der Waals surface area contributed by atoms with Crippen molar-refractivity contribution in [1.29, 1.82) is 0 Å². The zero-order chi connectivity index (χ0) is 19.7. The number of thiophene rings is 1. The lowest BCUT2D eigenvalue weighted by molar-refractivity contribution is -0.137. The van der Waals surface area contributed by atoms with Crippen molar-refractivity contribution < 1.29 is 13.2 Å². The van der Waals surface area contributed by atoms with Crippen LogP contribution in [0.4, 0.5) is 19.0 Å². The molecule has 0 unspecified atom stereocenters. The minimum absolute atomic E-state index is 0.0309. The van der Waals surface area contributed by atoms with Crippen LogP contribution in [0.1, 0.15) is 11.3 Å². The van der Waals surface area contributed by atoms with Gasteiger partial charge >= 0.3 is 6.18 Å². The molecule has 0 radical (unpaired) electrons. The molecule has 4 heterocycles. The minimum Gasteiger partial charge on any atom is -0.353 e. The van der Waals surface area contributed by atoms with Crippen molar-refractivity contribution in [2.45, 2.75) is 12.7 Å². The van der Waals surface area contributed by atoms with E-state index in [4.69, 9.17) is 16.6 Å². The largest absolute Gasteiger partial charge is 0.417 e. The van der Waals surface area contributed by atoms with Crippen LogP contribution in [0, 0.1) is 0 Å². The van der Waals surface area contributed by atoms with Crippen molar-refractivity contribution in [3.05, 3.63) is 51.4 Å². The number of pyridine rings is 1. The summed E-state index contributed by atoms with van der Waals surface area (Å²) < 4.78 is 38.3. The van der Waals surface area contributed by atoms with Gasteiger partial charge in [-0.2, -0.15) is 13.2 Å². The Morgan fingerprint density at radius 3 is 2.57 bits per heavy atom. The highest BCUT2D eigenvalue weighted by atomic mass is 35.5. The summed E-state index contributed by atoms with van der Waals surface area (Å²) in [5, 5.41) is 5.18. The van der Waals surface area contributed by atoms with Crippen molar-refractivity contribution >= 4 is 40.1 Å². The van der Waals surface area contributed by atoms with Gasteiger partial charge in [-0.15, -0.1) is 22.7 Å². The van der Waals surface area contributed by atoms with E-state index in [-0.39, 0.29) is 5.02 Å². The van der Waals surface area contributed by atoms with E-state index in [9.17, 15) is 13.2 Å². The van der Waals surface area contributed by atoms with Gasteiger partial charge in [-0.25, -0.2) is 9.97 Å². The topological polar surface area (TPSA) is 32.3 Å². The number of rotatable bonds is 4. The number of thiazole rings is 1. The number of hydrogen-bond donors (Lipinski definition) is 0. The number of anilines is 1. The SMILES string of the molecule is FC(F)(F)c1cnc(N2CCN(Cc3csc(-c4cccs4)n3)CC2)c(Cl)c1. The monoisotopic (exact) mass is 444 g/mol. The van der Waals surface area contributed by atoms with Gasteiger partial charge in [0.2, 0.25) is 0 Å². The summed E-state index contributed by atoms with van der Waals surface area (Å²) in [5.41, 5.74) is 0.206. The summed E-state index contributed by atoms with van der Waals surface area (Å²) in [6.07, 6.45) is -3.60. The number of alkyl halides is 3. The average molecular weight is 445 g/mol. The minimum atomic E-state index is -4.44. The lowest BCUT2D eigenvalue weighted by atomic mass is 10.2. The lowest BCUT2D eigenvalue weighted by Crippen LogP contribution is -2.46. The first-order valence-electron chi connectivity index (χ1n) is 8.58. The van der Waals surface area contributed by atoms with Crippen molar-refractivity contribution in [3.63, 3.8) is 0 Å². The van der Waals surface area contributed by atoms with Gasteiger partial charge in [0.15, 0.2) is 0 Å². The lowest BCUT2D eigenvalue weighted by Gasteiger charge is -2.35. The molecule has 10 heteroatoms. The maximum Gasteiger partial charge on any atom is 0.417 e. The van der Waals surface area contributed by atoms with Gasteiger partial charge < -0.3 is 4.90 Å². The predicted molar refractivity (Wildman–Crippen MR) is 107 cm³/mol. The van der Waals surface area contributed by atoms with Gasteiger partial charge in [-0.3, -0.25) is 4.90 Å². The maximum atomic E-state index is 12.8. The highest BCUT2D eigenvalue weighted by Crippen LogP contribution is 2.34. The first-order valence-corrected chi connectivity index (χ1v) is 10.7. The smallest absolute Gasteiger partial charge is 0.353 e. The highest BCUT2D eigenvalue weighted by molar-refractivity contribution is 7.20. The second kappa shape index (κ2) is 7.98. The van der Waals surface area contributed by atoms with E-state index in [0.29, 0.717) is 18.9 Å². The second-order valence-corrected chi connectivity index (χ2v) is 8.62. The number of hydrogen-bond acceptors (Lipinski definition) is 6. The zero-order valence-corrected chi connectivity index (χ0v) is 17.0. The molecule has 1 fully saturated rings. The molecule has 0 N–H and O–H groups in total. The third-order valence-electron chi connectivity index (χ3n) is 4.49. The number of piperazine rings is 1. The first kappa shape index (κ1) is 19.6. The van der Waals surface area contributed by atoms with E-state index in [1.807, 2.05) is 16.3 Å². The standard InChI is InChI=1S/C18H16ClF3N4S2/c19-14-8-12(18(20,21)22)9-23-16(14)26-5-3-25(4-6-26)10-13-11-28-17(24-13)15-2-1-7-27-15/h1-2,7-9,11H,3-6,10H2. The van der Waals surface area contributed by atoms with Crippen LogP contribution in [0.5, 0.6) is 0 Å². The highest BCUT2D eigenvalue weighted by Gasteiger charge is 2.32. The molecule has 0 saturated carbocycles. The average Bonchev–Trinajstić information content (AvgIpc) is 3.33. The molecule has 3 aromatic heterocycles. The fourth-order valence-corrected chi connectivity index (χ4v) is 4.97. The summed E-state index contributed by atoms with van der Waals surface area (Å²) in [5.74, 6) is 0.406. The second-order valence-electron chi connectivity index (χ2n) is 6.41. The molecule has 0 aromatic carbocycles. The molecular formula is C18H16ClF3N4S2. The number of aromatic nitrogens is 2. The van der Waals surface area contributed by atoms with Crippen LogP contribution < -0.4 is 4.90 Å². The molecule has 0 bridgehead atoms. The van der Waals surface area contributed by atoms with E-state index in [0.717, 1.165) is 42.6 Å². The van der Waals surface area contributed by atoms with Crippen LogP contribution in [0.3, 0.4) is 0 Å². The summed E-state index contributed by atoms with van der Waals surface area (Å²) in [4.78, 5) is 14.0. The van der Waals surface area contributed by atoms with Gasteiger partial charge in [-0.05, 0) is 17.5 Å². The molecule has 28 heavy (non-hydrogen) atoms. The van der Waals surface area contributed by atoms with Gasteiger partial charge in [-0.1, -0.05) is 17.7 Å². The van der Waals surface area contributed by atoms with E-state index in [1.165, 1.54) is 4.88 Å². The molecule has 1 saturated heterocycles. The molecular weight excluding hydrogens is 429 g/mol. The van der Waals surface area contributed by atoms with E-state index in [1.54, 1.807) is 22.7 Å². The van der Waals surface area contributed by atoms with E-state index in [2.05, 4.69) is 21.3 Å². The normalized spacial score (nSPS) is 15.9. The van der Waals surface area contributed by atoms with Crippen LogP contribution in [-0.2, 0) is 12.7 Å². The molecule has 0 spiro atoms. The molecule has 3 aromatic rings. The Hall–Kier alpha value is -1.68. The van der Waals surface area contributed by atoms with Gasteiger partial charge in [0, 0.05) is 44.3 Å². The predicted octanol–water partition coefficient (Wildman–Crippen LogP) is 5.26. The number of nitrogens with zero attached hydrogens (tertiary/aromatic N) is 4. The molecule has 0 aliphatic carbocycles. The summed E-state index contributed by atoms with van der Waals surface area (Å²) in [6.45, 7) is 3.60. The summed E-state index contributed by atoms with van der Waals surface area (Å²) in [7, 11) is 0. The van der Waals surface area contributed by atoms with Crippen LogP contribution in [0.2, 0.25) is 5.02 Å². The van der Waals surface area contributed by atoms with E-state index >= 15 is 0 Å². The zero-order valence-electron chi connectivity index (χ0n) is 14.6. The first-order chi connectivity index (χ1) is 13.4. The number of halogens is 4. The van der Waals surface area contributed by atoms with Crippen molar-refractivity contribution in [1.82, 2.24) is 14.9 Å². The Labute approximate surface area is 173 Å². The Bertz CT molecular complexity index is 935. The molecule has 0 amide bonds. The van der Waals surface area contributed by atoms with Gasteiger partial charge in [0.05, 0.1) is 21.2 Å². The Balaban J connectivity index is 1.36. The Kier molecular flexibility index (Phi) is 5.59. The van der Waals surface area contributed by atoms with Crippen LogP contribution in [0.15, 0.2) is 35.2 Å². The molecule has 4 nitrogen and oxygen atoms in total. The Morgan fingerprint density at radius 2 is 1.93 bits per heavy atom. The van der Waals surface area contributed by atoms with Crippen molar-refractivity contribution in [2.24, 2.45) is 0 Å². The van der Waals surface area contributed by atoms with Crippen molar-refractivity contribution in [3.8, 4) is 9.88 Å². The summed E-state index contributed by atoms with van der Waals surface area (Å²) >= 11 is 9.38. The molecule has 1 aliphatic rings. The van der Waals surface area contributed by atoms with E-state index < -0.39 is 11.7 Å². The quantitative estimate of drug-likeness (QED) is 0.549. The van der Waals surface area contributed by atoms with Crippen LogP contribution >= 0.6 is 34.3 Å². The third-order valence-corrected chi connectivity index (χ3v) is 6.70.